The number of carbonyl (C=O) groups excluding carboxylic acids is 1. The lowest BCUT2D eigenvalue weighted by Crippen LogP contribution is -2.10. The molecule has 80 valence electrons. The quantitative estimate of drug-likeness (QED) is 0.373. The molecule has 0 radical (unpaired) electrons. The molecule has 0 aliphatic heterocycles. The van der Waals surface area contributed by atoms with Gasteiger partial charge >= 0.3 is 0 Å². The highest BCUT2D eigenvalue weighted by atomic mass is 16.6. The first kappa shape index (κ1) is 11.1. The van der Waals surface area contributed by atoms with Gasteiger partial charge in [-0.1, -0.05) is 12.8 Å². The van der Waals surface area contributed by atoms with Crippen molar-refractivity contribution in [3.63, 3.8) is 0 Å². The van der Waals surface area contributed by atoms with Gasteiger partial charge in [0, 0.05) is 17.8 Å². The van der Waals surface area contributed by atoms with E-state index in [1.54, 1.807) is 0 Å². The van der Waals surface area contributed by atoms with Crippen molar-refractivity contribution in [3.05, 3.63) is 10.1 Å². The van der Waals surface area contributed by atoms with Crippen LogP contribution in [0.25, 0.3) is 0 Å². The van der Waals surface area contributed by atoms with Gasteiger partial charge in [-0.2, -0.15) is 0 Å². The van der Waals surface area contributed by atoms with Crippen molar-refractivity contribution in [1.82, 2.24) is 0 Å². The fourth-order valence-electron chi connectivity index (χ4n) is 2.41. The minimum absolute atomic E-state index is 0.0737. The maximum absolute atomic E-state index is 10.4. The zero-order valence-electron chi connectivity index (χ0n) is 8.35. The van der Waals surface area contributed by atoms with Crippen LogP contribution in [0.1, 0.15) is 38.5 Å². The number of aldehydes is 1. The molecule has 4 nitrogen and oxygen atoms in total. The van der Waals surface area contributed by atoms with E-state index >= 15 is 0 Å². The number of nitro groups is 1. The molecule has 4 heteroatoms. The number of hydrogen-bond acceptors (Lipinski definition) is 3. The Hall–Kier alpha value is -0.930. The smallest absolute Gasteiger partial charge is 0.203 e. The van der Waals surface area contributed by atoms with E-state index in [9.17, 15) is 14.9 Å². The Morgan fingerprint density at radius 2 is 2.07 bits per heavy atom. The molecule has 2 atom stereocenters. The zero-order valence-corrected chi connectivity index (χ0v) is 8.35. The van der Waals surface area contributed by atoms with E-state index in [-0.39, 0.29) is 11.5 Å². The lowest BCUT2D eigenvalue weighted by atomic mass is 9.89. The number of rotatable bonds is 6. The third-order valence-electron chi connectivity index (χ3n) is 3.13. The average Bonchev–Trinajstić information content (AvgIpc) is 2.53. The second-order valence-corrected chi connectivity index (χ2v) is 4.05. The summed E-state index contributed by atoms with van der Waals surface area (Å²) in [5.41, 5.74) is 0. The molecule has 0 bridgehead atoms. The van der Waals surface area contributed by atoms with E-state index in [4.69, 9.17) is 0 Å². The van der Waals surface area contributed by atoms with Gasteiger partial charge in [-0.3, -0.25) is 10.1 Å². The van der Waals surface area contributed by atoms with Crippen molar-refractivity contribution < 1.29 is 9.72 Å². The molecule has 1 fully saturated rings. The SMILES string of the molecule is O=CC[C@@H]1CCC[C@@H]1CCC[N+](=O)[O-]. The largest absolute Gasteiger partial charge is 0.303 e. The zero-order chi connectivity index (χ0) is 10.4. The number of nitrogens with zero attached hydrogens (tertiary/aromatic N) is 1. The molecule has 0 aromatic rings. The van der Waals surface area contributed by atoms with Crippen LogP contribution in [-0.4, -0.2) is 17.8 Å². The van der Waals surface area contributed by atoms with Crippen molar-refractivity contribution >= 4 is 6.29 Å². The molecule has 0 N–H and O–H groups in total. The summed E-state index contributed by atoms with van der Waals surface area (Å²) in [5, 5.41) is 10.1. The molecule has 1 aliphatic carbocycles. The van der Waals surface area contributed by atoms with Gasteiger partial charge in [0.2, 0.25) is 6.54 Å². The number of carbonyl (C=O) groups is 1. The lowest BCUT2D eigenvalue weighted by Gasteiger charge is -2.15. The van der Waals surface area contributed by atoms with Crippen LogP contribution in [0.5, 0.6) is 0 Å². The Bertz CT molecular complexity index is 206. The highest BCUT2D eigenvalue weighted by Gasteiger charge is 2.26. The molecule has 0 aromatic carbocycles. The van der Waals surface area contributed by atoms with E-state index in [0.29, 0.717) is 24.7 Å². The first-order valence-corrected chi connectivity index (χ1v) is 5.29. The molecule has 0 heterocycles. The van der Waals surface area contributed by atoms with Gasteiger partial charge in [-0.25, -0.2) is 0 Å². The molecule has 0 unspecified atom stereocenters. The molecular formula is C10H17NO3. The fourth-order valence-corrected chi connectivity index (χ4v) is 2.41. The van der Waals surface area contributed by atoms with Crippen molar-refractivity contribution in [2.24, 2.45) is 11.8 Å². The molecule has 1 aliphatic rings. The second-order valence-electron chi connectivity index (χ2n) is 4.05. The summed E-state index contributed by atoms with van der Waals surface area (Å²) in [6.45, 7) is 0.0737. The van der Waals surface area contributed by atoms with Crippen molar-refractivity contribution in [2.75, 3.05) is 6.54 Å². The Morgan fingerprint density at radius 1 is 1.36 bits per heavy atom. The fraction of sp³-hybridized carbons (Fsp3) is 0.900. The minimum atomic E-state index is -0.260. The van der Waals surface area contributed by atoms with E-state index < -0.39 is 0 Å². The molecule has 0 amide bonds. The lowest BCUT2D eigenvalue weighted by molar-refractivity contribution is -0.480. The van der Waals surface area contributed by atoms with Crippen molar-refractivity contribution in [3.8, 4) is 0 Å². The highest BCUT2D eigenvalue weighted by molar-refractivity contribution is 5.49. The van der Waals surface area contributed by atoms with Gasteiger partial charge in [-0.05, 0) is 24.7 Å². The van der Waals surface area contributed by atoms with Crippen LogP contribution in [0, 0.1) is 22.0 Å². The summed E-state index contributed by atoms with van der Waals surface area (Å²) >= 11 is 0. The molecule has 0 spiro atoms. The standard InChI is InChI=1S/C10H17NO3/c12-8-6-10-4-1-3-9(10)5-2-7-11(13)14/h8-10H,1-7H2/t9-,10+/m1/s1. The molecule has 1 saturated carbocycles. The Labute approximate surface area is 83.8 Å². The Morgan fingerprint density at radius 3 is 2.71 bits per heavy atom. The van der Waals surface area contributed by atoms with Crippen LogP contribution in [0.2, 0.25) is 0 Å². The van der Waals surface area contributed by atoms with Gasteiger partial charge in [0.05, 0.1) is 0 Å². The summed E-state index contributed by atoms with van der Waals surface area (Å²) in [6.07, 6.45) is 6.66. The summed E-state index contributed by atoms with van der Waals surface area (Å²) in [6, 6.07) is 0. The topological polar surface area (TPSA) is 60.2 Å². The minimum Gasteiger partial charge on any atom is -0.303 e. The molecule has 0 saturated heterocycles. The Balaban J connectivity index is 2.21. The normalized spacial score (nSPS) is 26.3. The maximum Gasteiger partial charge on any atom is 0.203 e. The van der Waals surface area contributed by atoms with Gasteiger partial charge < -0.3 is 4.79 Å². The van der Waals surface area contributed by atoms with Crippen LogP contribution in [0.4, 0.5) is 0 Å². The van der Waals surface area contributed by atoms with Crippen LogP contribution in [-0.2, 0) is 4.79 Å². The maximum atomic E-state index is 10.4. The first-order chi connectivity index (χ1) is 6.74. The molecule has 14 heavy (non-hydrogen) atoms. The Kier molecular flexibility index (Phi) is 4.56. The predicted molar refractivity (Wildman–Crippen MR) is 52.6 cm³/mol. The van der Waals surface area contributed by atoms with Gasteiger partial charge in [0.25, 0.3) is 0 Å². The highest BCUT2D eigenvalue weighted by Crippen LogP contribution is 2.36. The van der Waals surface area contributed by atoms with Crippen LogP contribution in [0.3, 0.4) is 0 Å². The van der Waals surface area contributed by atoms with Crippen molar-refractivity contribution in [1.29, 1.82) is 0 Å². The summed E-state index contributed by atoms with van der Waals surface area (Å²) in [4.78, 5) is 20.2. The summed E-state index contributed by atoms with van der Waals surface area (Å²) in [5.74, 6) is 1.06. The van der Waals surface area contributed by atoms with E-state index in [0.717, 1.165) is 25.5 Å². The first-order valence-electron chi connectivity index (χ1n) is 5.29. The van der Waals surface area contributed by atoms with Gasteiger partial charge in [-0.15, -0.1) is 0 Å². The second kappa shape index (κ2) is 5.73. The van der Waals surface area contributed by atoms with Crippen LogP contribution >= 0.6 is 0 Å². The monoisotopic (exact) mass is 199 g/mol. The van der Waals surface area contributed by atoms with Gasteiger partial charge in [0.15, 0.2) is 0 Å². The van der Waals surface area contributed by atoms with E-state index in [1.165, 1.54) is 6.42 Å². The average molecular weight is 199 g/mol. The summed E-state index contributed by atoms with van der Waals surface area (Å²) < 4.78 is 0. The third kappa shape index (κ3) is 3.44. The third-order valence-corrected chi connectivity index (χ3v) is 3.13. The van der Waals surface area contributed by atoms with Crippen LogP contribution in [0.15, 0.2) is 0 Å². The van der Waals surface area contributed by atoms with Gasteiger partial charge in [0.1, 0.15) is 6.29 Å². The van der Waals surface area contributed by atoms with E-state index in [2.05, 4.69) is 0 Å². The molecular weight excluding hydrogens is 182 g/mol. The molecule has 0 aromatic heterocycles. The predicted octanol–water partition coefficient (Wildman–Crippen LogP) is 2.05. The molecule has 1 rings (SSSR count). The summed E-state index contributed by atoms with van der Waals surface area (Å²) in [7, 11) is 0. The van der Waals surface area contributed by atoms with Crippen molar-refractivity contribution in [2.45, 2.75) is 38.5 Å². The number of hydrogen-bond donors (Lipinski definition) is 0. The van der Waals surface area contributed by atoms with Crippen LogP contribution < -0.4 is 0 Å². The van der Waals surface area contributed by atoms with E-state index in [1.807, 2.05) is 0 Å².